The standard InChI is InChI=1S/C18H24N4O6/c1-11-13(10-23)8-15(21(25)26)16(17(11)22(27)28)19-14-6-7-20(9-14)18(24)12-4-2-3-5-12/h8,12,14,19,23H,2-7,9-10H2,1H3. The van der Waals surface area contributed by atoms with Gasteiger partial charge in [-0.05, 0) is 31.7 Å². The maximum absolute atomic E-state index is 12.6. The van der Waals surface area contributed by atoms with Gasteiger partial charge in [0, 0.05) is 36.7 Å². The number of anilines is 1. The smallest absolute Gasteiger partial charge is 0.302 e. The van der Waals surface area contributed by atoms with E-state index in [1.54, 1.807) is 4.90 Å². The van der Waals surface area contributed by atoms with Crippen molar-refractivity contribution in [3.8, 4) is 0 Å². The number of nitrogens with zero attached hydrogens (tertiary/aromatic N) is 3. The van der Waals surface area contributed by atoms with Crippen molar-refractivity contribution in [2.75, 3.05) is 18.4 Å². The number of aliphatic hydroxyl groups is 1. The molecule has 1 unspecified atom stereocenters. The summed E-state index contributed by atoms with van der Waals surface area (Å²) in [6, 6.07) is 0.864. The zero-order valence-corrected chi connectivity index (χ0v) is 15.7. The lowest BCUT2D eigenvalue weighted by Crippen LogP contribution is -2.35. The third-order valence-electron chi connectivity index (χ3n) is 5.74. The molecule has 1 aliphatic heterocycles. The number of carbonyl (C=O) groups excluding carboxylic acids is 1. The van der Waals surface area contributed by atoms with Crippen LogP contribution >= 0.6 is 0 Å². The van der Waals surface area contributed by atoms with Gasteiger partial charge in [-0.3, -0.25) is 25.0 Å². The predicted molar refractivity (Wildman–Crippen MR) is 101 cm³/mol. The first-order chi connectivity index (χ1) is 13.3. The molecular weight excluding hydrogens is 368 g/mol. The summed E-state index contributed by atoms with van der Waals surface area (Å²) >= 11 is 0. The summed E-state index contributed by atoms with van der Waals surface area (Å²) < 4.78 is 0. The summed E-state index contributed by atoms with van der Waals surface area (Å²) in [6.07, 6.45) is 4.47. The number of amides is 1. The van der Waals surface area contributed by atoms with Gasteiger partial charge in [0.15, 0.2) is 5.69 Å². The second-order valence-electron chi connectivity index (χ2n) is 7.47. The Morgan fingerprint density at radius 3 is 2.50 bits per heavy atom. The quantitative estimate of drug-likeness (QED) is 0.560. The number of rotatable bonds is 6. The SMILES string of the molecule is Cc1c(CO)cc([N+](=O)[O-])c(NC2CCN(C(=O)C3CCCC3)C2)c1[N+](=O)[O-]. The highest BCUT2D eigenvalue weighted by Crippen LogP contribution is 2.40. The Hall–Kier alpha value is -2.75. The van der Waals surface area contributed by atoms with Crippen molar-refractivity contribution in [3.63, 3.8) is 0 Å². The summed E-state index contributed by atoms with van der Waals surface area (Å²) in [5.74, 6) is 0.158. The van der Waals surface area contributed by atoms with E-state index in [9.17, 15) is 30.1 Å². The van der Waals surface area contributed by atoms with E-state index in [0.717, 1.165) is 25.7 Å². The van der Waals surface area contributed by atoms with Crippen LogP contribution < -0.4 is 5.32 Å². The maximum Gasteiger partial charge on any atom is 0.302 e. The first-order valence-corrected chi connectivity index (χ1v) is 9.45. The van der Waals surface area contributed by atoms with Crippen molar-refractivity contribution in [3.05, 3.63) is 37.4 Å². The van der Waals surface area contributed by atoms with Crippen LogP contribution in [0.25, 0.3) is 0 Å². The Labute approximate surface area is 161 Å². The van der Waals surface area contributed by atoms with Crippen LogP contribution in [0.1, 0.15) is 43.2 Å². The van der Waals surface area contributed by atoms with E-state index in [1.807, 2.05) is 0 Å². The van der Waals surface area contributed by atoms with Crippen molar-refractivity contribution >= 4 is 23.0 Å². The third kappa shape index (κ3) is 3.77. The fourth-order valence-electron chi connectivity index (χ4n) is 4.20. The first-order valence-electron chi connectivity index (χ1n) is 9.45. The summed E-state index contributed by atoms with van der Waals surface area (Å²) in [5, 5.41) is 35.4. The van der Waals surface area contributed by atoms with E-state index in [1.165, 1.54) is 13.0 Å². The Balaban J connectivity index is 1.85. The van der Waals surface area contributed by atoms with Crippen molar-refractivity contribution in [2.45, 2.75) is 51.7 Å². The van der Waals surface area contributed by atoms with Gasteiger partial charge in [-0.2, -0.15) is 0 Å². The Morgan fingerprint density at radius 1 is 1.25 bits per heavy atom. The Morgan fingerprint density at radius 2 is 1.93 bits per heavy atom. The van der Waals surface area contributed by atoms with Gasteiger partial charge >= 0.3 is 5.69 Å². The number of hydrogen-bond donors (Lipinski definition) is 2. The number of aliphatic hydroxyl groups excluding tert-OH is 1. The second kappa shape index (κ2) is 8.09. The van der Waals surface area contributed by atoms with Crippen LogP contribution in [0.4, 0.5) is 17.1 Å². The lowest BCUT2D eigenvalue weighted by molar-refractivity contribution is -0.392. The summed E-state index contributed by atoms with van der Waals surface area (Å²) in [5.41, 5.74) is -0.670. The topological polar surface area (TPSA) is 139 Å². The molecule has 0 bridgehead atoms. The molecule has 1 aromatic rings. The highest BCUT2D eigenvalue weighted by molar-refractivity contribution is 5.80. The fraction of sp³-hybridized carbons (Fsp3) is 0.611. The maximum atomic E-state index is 12.6. The van der Waals surface area contributed by atoms with Crippen LogP contribution in [0.2, 0.25) is 0 Å². The van der Waals surface area contributed by atoms with Crippen molar-refractivity contribution < 1.29 is 19.7 Å². The Kier molecular flexibility index (Phi) is 5.78. The molecular formula is C18H24N4O6. The van der Waals surface area contributed by atoms with Gasteiger partial charge in [-0.1, -0.05) is 12.8 Å². The molecule has 0 radical (unpaired) electrons. The lowest BCUT2D eigenvalue weighted by atomic mass is 10.0. The van der Waals surface area contributed by atoms with Crippen molar-refractivity contribution in [1.29, 1.82) is 0 Å². The van der Waals surface area contributed by atoms with Gasteiger partial charge in [0.05, 0.1) is 16.5 Å². The minimum atomic E-state index is -0.690. The van der Waals surface area contributed by atoms with Gasteiger partial charge < -0.3 is 15.3 Å². The van der Waals surface area contributed by atoms with Gasteiger partial charge in [-0.25, -0.2) is 0 Å². The lowest BCUT2D eigenvalue weighted by Gasteiger charge is -2.21. The normalized spacial score (nSPS) is 19.8. The summed E-state index contributed by atoms with van der Waals surface area (Å²) in [7, 11) is 0. The molecule has 0 spiro atoms. The summed E-state index contributed by atoms with van der Waals surface area (Å²) in [6.45, 7) is 1.83. The van der Waals surface area contributed by atoms with E-state index in [4.69, 9.17) is 0 Å². The van der Waals surface area contributed by atoms with Crippen LogP contribution in [-0.4, -0.2) is 44.9 Å². The molecule has 1 aliphatic carbocycles. The van der Waals surface area contributed by atoms with Crippen molar-refractivity contribution in [1.82, 2.24) is 4.90 Å². The van der Waals surface area contributed by atoms with E-state index in [-0.39, 0.29) is 34.7 Å². The van der Waals surface area contributed by atoms with Crippen LogP contribution in [0.5, 0.6) is 0 Å². The van der Waals surface area contributed by atoms with Crippen molar-refractivity contribution in [2.24, 2.45) is 5.92 Å². The molecule has 0 aromatic heterocycles. The largest absolute Gasteiger partial charge is 0.392 e. The number of nitrogens with one attached hydrogen (secondary N) is 1. The molecule has 1 atom stereocenters. The molecule has 1 amide bonds. The zero-order chi connectivity index (χ0) is 20.4. The van der Waals surface area contributed by atoms with E-state index in [2.05, 4.69) is 5.32 Å². The van der Waals surface area contributed by atoms with Gasteiger partial charge in [0.2, 0.25) is 5.91 Å². The van der Waals surface area contributed by atoms with E-state index < -0.39 is 27.8 Å². The minimum absolute atomic E-state index is 0.0495. The van der Waals surface area contributed by atoms with Gasteiger partial charge in [0.25, 0.3) is 5.69 Å². The molecule has 10 heteroatoms. The number of hydrogen-bond acceptors (Lipinski definition) is 7. The molecule has 3 rings (SSSR count). The molecule has 28 heavy (non-hydrogen) atoms. The second-order valence-corrected chi connectivity index (χ2v) is 7.47. The number of nitro benzene ring substituents is 2. The highest BCUT2D eigenvalue weighted by Gasteiger charge is 2.36. The van der Waals surface area contributed by atoms with Crippen LogP contribution in [0.3, 0.4) is 0 Å². The average molecular weight is 392 g/mol. The number of carbonyl (C=O) groups is 1. The van der Waals surface area contributed by atoms with Gasteiger partial charge in [0.1, 0.15) is 0 Å². The predicted octanol–water partition coefficient (Wildman–Crippen LogP) is 2.51. The first kappa shape index (κ1) is 20.0. The molecule has 152 valence electrons. The van der Waals surface area contributed by atoms with Crippen LogP contribution in [-0.2, 0) is 11.4 Å². The molecule has 2 aliphatic rings. The monoisotopic (exact) mass is 392 g/mol. The van der Waals surface area contributed by atoms with E-state index in [0.29, 0.717) is 19.5 Å². The number of nitro groups is 2. The zero-order valence-electron chi connectivity index (χ0n) is 15.7. The van der Waals surface area contributed by atoms with Crippen LogP contribution in [0.15, 0.2) is 6.07 Å². The summed E-state index contributed by atoms with van der Waals surface area (Å²) in [4.78, 5) is 36.1. The molecule has 10 nitrogen and oxygen atoms in total. The average Bonchev–Trinajstić information content (AvgIpc) is 3.33. The molecule has 2 fully saturated rings. The molecule has 1 saturated heterocycles. The fourth-order valence-corrected chi connectivity index (χ4v) is 4.20. The van der Waals surface area contributed by atoms with Crippen LogP contribution in [0, 0.1) is 33.1 Å². The molecule has 1 heterocycles. The van der Waals surface area contributed by atoms with E-state index >= 15 is 0 Å². The minimum Gasteiger partial charge on any atom is -0.392 e. The third-order valence-corrected chi connectivity index (χ3v) is 5.74. The molecule has 1 aromatic carbocycles. The number of benzene rings is 1. The molecule has 1 saturated carbocycles. The Bertz CT molecular complexity index is 806. The number of likely N-dealkylation sites (tertiary alicyclic amines) is 1. The molecule has 2 N–H and O–H groups in total. The highest BCUT2D eigenvalue weighted by atomic mass is 16.6. The van der Waals surface area contributed by atoms with Gasteiger partial charge in [-0.15, -0.1) is 0 Å².